The van der Waals surface area contributed by atoms with Crippen molar-refractivity contribution in [3.8, 4) is 11.5 Å². The van der Waals surface area contributed by atoms with E-state index in [1.54, 1.807) is 19.2 Å². The molecule has 0 atom stereocenters. The van der Waals surface area contributed by atoms with Crippen LogP contribution in [0.15, 0.2) is 24.3 Å². The molecule has 5 heteroatoms. The lowest BCUT2D eigenvalue weighted by atomic mass is 10.3. The van der Waals surface area contributed by atoms with Gasteiger partial charge in [-0.05, 0) is 12.1 Å². The first-order valence-corrected chi connectivity index (χ1v) is 4.53. The summed E-state index contributed by atoms with van der Waals surface area (Å²) in [5.41, 5.74) is 2.03. The Morgan fingerprint density at radius 3 is 2.67 bits per heavy atom. The van der Waals surface area contributed by atoms with Gasteiger partial charge in [0.05, 0.1) is 20.1 Å². The Morgan fingerprint density at radius 1 is 1.40 bits per heavy atom. The van der Waals surface area contributed by atoms with Crippen molar-refractivity contribution in [3.05, 3.63) is 24.3 Å². The maximum atomic E-state index is 10.8. The molecule has 0 saturated heterocycles. The average molecular weight is 210 g/mol. The molecular formula is C10H14N2O3. The summed E-state index contributed by atoms with van der Waals surface area (Å²) >= 11 is 0. The summed E-state index contributed by atoms with van der Waals surface area (Å²) in [6, 6.07) is 7.25. The second-order valence-corrected chi connectivity index (χ2v) is 2.82. The highest BCUT2D eigenvalue weighted by atomic mass is 16.5. The van der Waals surface area contributed by atoms with Gasteiger partial charge in [-0.15, -0.1) is 0 Å². The molecular weight excluding hydrogens is 196 g/mol. The van der Waals surface area contributed by atoms with Crippen molar-refractivity contribution in [2.75, 3.05) is 13.7 Å². The minimum atomic E-state index is -0.259. The van der Waals surface area contributed by atoms with Gasteiger partial charge >= 0.3 is 0 Å². The third-order valence-electron chi connectivity index (χ3n) is 1.82. The number of nitrogens with one attached hydrogen (secondary N) is 1. The molecule has 0 bridgehead atoms. The molecule has 3 N–H and O–H groups in total. The summed E-state index contributed by atoms with van der Waals surface area (Å²) in [4.78, 5) is 10.8. The number of amides is 1. The first-order valence-electron chi connectivity index (χ1n) is 4.53. The number of hydrogen-bond acceptors (Lipinski definition) is 4. The van der Waals surface area contributed by atoms with Crippen molar-refractivity contribution in [3.63, 3.8) is 0 Å². The number of para-hydroxylation sites is 2. The minimum Gasteiger partial charge on any atom is -0.493 e. The van der Waals surface area contributed by atoms with E-state index in [-0.39, 0.29) is 18.9 Å². The second kappa shape index (κ2) is 5.87. The number of ether oxygens (including phenoxy) is 2. The molecule has 1 aromatic carbocycles. The Labute approximate surface area is 88.1 Å². The molecule has 0 aliphatic heterocycles. The highest BCUT2D eigenvalue weighted by molar-refractivity contribution is 5.75. The normalized spacial score (nSPS) is 9.47. The molecule has 0 aromatic heterocycles. The monoisotopic (exact) mass is 210 g/mol. The smallest absolute Gasteiger partial charge is 0.237 e. The van der Waals surface area contributed by atoms with Crippen LogP contribution in [0.2, 0.25) is 0 Å². The maximum Gasteiger partial charge on any atom is 0.237 e. The van der Waals surface area contributed by atoms with Gasteiger partial charge in [-0.3, -0.25) is 10.2 Å². The largest absolute Gasteiger partial charge is 0.493 e. The number of benzene rings is 1. The lowest BCUT2D eigenvalue weighted by Gasteiger charge is -2.09. The molecule has 0 spiro atoms. The number of rotatable bonds is 5. The van der Waals surface area contributed by atoms with Gasteiger partial charge in [0.25, 0.3) is 0 Å². The molecule has 0 heterocycles. The van der Waals surface area contributed by atoms with Crippen LogP contribution in [0.5, 0.6) is 11.5 Å². The van der Waals surface area contributed by atoms with Crippen LogP contribution in [-0.2, 0) is 4.79 Å². The summed E-state index contributed by atoms with van der Waals surface area (Å²) < 4.78 is 10.4. The van der Waals surface area contributed by atoms with Crippen molar-refractivity contribution in [2.45, 2.75) is 6.42 Å². The quantitative estimate of drug-likeness (QED) is 0.420. The highest BCUT2D eigenvalue weighted by Gasteiger charge is 2.03. The summed E-state index contributed by atoms with van der Waals surface area (Å²) in [5.74, 6) is 5.93. The number of methoxy groups -OCH3 is 1. The zero-order valence-corrected chi connectivity index (χ0v) is 8.53. The number of hydrogen-bond donors (Lipinski definition) is 2. The van der Waals surface area contributed by atoms with Crippen LogP contribution in [0.25, 0.3) is 0 Å². The second-order valence-electron chi connectivity index (χ2n) is 2.82. The lowest BCUT2D eigenvalue weighted by Crippen LogP contribution is -2.31. The van der Waals surface area contributed by atoms with Crippen LogP contribution in [0.4, 0.5) is 0 Å². The van der Waals surface area contributed by atoms with E-state index >= 15 is 0 Å². The first-order chi connectivity index (χ1) is 7.27. The van der Waals surface area contributed by atoms with Crippen LogP contribution in [-0.4, -0.2) is 19.6 Å². The molecule has 1 rings (SSSR count). The fourth-order valence-corrected chi connectivity index (χ4v) is 1.06. The maximum absolute atomic E-state index is 10.8. The zero-order chi connectivity index (χ0) is 11.1. The van der Waals surface area contributed by atoms with E-state index in [1.807, 2.05) is 17.6 Å². The van der Waals surface area contributed by atoms with Gasteiger partial charge in [-0.1, -0.05) is 12.1 Å². The Bertz CT molecular complexity index is 328. The van der Waals surface area contributed by atoms with Crippen LogP contribution in [0, 0.1) is 0 Å². The Hall–Kier alpha value is -1.75. The number of carbonyl (C=O) groups is 1. The zero-order valence-electron chi connectivity index (χ0n) is 8.53. The summed E-state index contributed by atoms with van der Waals surface area (Å²) in [7, 11) is 1.56. The minimum absolute atomic E-state index is 0.217. The van der Waals surface area contributed by atoms with Crippen LogP contribution in [0.1, 0.15) is 6.42 Å². The van der Waals surface area contributed by atoms with E-state index in [4.69, 9.17) is 15.3 Å². The fourth-order valence-electron chi connectivity index (χ4n) is 1.06. The van der Waals surface area contributed by atoms with Crippen LogP contribution >= 0.6 is 0 Å². The summed E-state index contributed by atoms with van der Waals surface area (Å²) in [6.07, 6.45) is 0.217. The summed E-state index contributed by atoms with van der Waals surface area (Å²) in [5, 5.41) is 0. The Kier molecular flexibility index (Phi) is 4.43. The molecule has 0 aliphatic rings. The van der Waals surface area contributed by atoms with Crippen LogP contribution in [0.3, 0.4) is 0 Å². The molecule has 15 heavy (non-hydrogen) atoms. The van der Waals surface area contributed by atoms with Crippen LogP contribution < -0.4 is 20.7 Å². The molecule has 1 amide bonds. The van der Waals surface area contributed by atoms with Gasteiger partial charge in [-0.25, -0.2) is 5.84 Å². The van der Waals surface area contributed by atoms with Crippen molar-refractivity contribution >= 4 is 5.91 Å². The Morgan fingerprint density at radius 2 is 2.07 bits per heavy atom. The Balaban J connectivity index is 2.46. The van der Waals surface area contributed by atoms with Crippen molar-refractivity contribution in [1.82, 2.24) is 5.43 Å². The number of carbonyl (C=O) groups excluding carboxylic acids is 1. The van der Waals surface area contributed by atoms with Gasteiger partial charge in [0, 0.05) is 0 Å². The van der Waals surface area contributed by atoms with Crippen molar-refractivity contribution < 1.29 is 14.3 Å². The first kappa shape index (κ1) is 11.3. The predicted molar refractivity (Wildman–Crippen MR) is 55.4 cm³/mol. The van der Waals surface area contributed by atoms with Gasteiger partial charge in [0.1, 0.15) is 0 Å². The molecule has 0 unspecified atom stereocenters. The van der Waals surface area contributed by atoms with Gasteiger partial charge in [-0.2, -0.15) is 0 Å². The third-order valence-corrected chi connectivity index (χ3v) is 1.82. The predicted octanol–water partition coefficient (Wildman–Crippen LogP) is 0.454. The van der Waals surface area contributed by atoms with E-state index in [1.165, 1.54) is 0 Å². The third kappa shape index (κ3) is 3.47. The molecule has 0 radical (unpaired) electrons. The van der Waals surface area contributed by atoms with Gasteiger partial charge in [0.15, 0.2) is 11.5 Å². The van der Waals surface area contributed by atoms with E-state index in [0.717, 1.165) is 0 Å². The molecule has 0 saturated carbocycles. The molecule has 0 aliphatic carbocycles. The van der Waals surface area contributed by atoms with Crippen molar-refractivity contribution in [2.24, 2.45) is 5.84 Å². The van der Waals surface area contributed by atoms with Gasteiger partial charge in [0.2, 0.25) is 5.91 Å². The SMILES string of the molecule is COc1ccccc1OCCC(=O)NN. The molecule has 5 nitrogen and oxygen atoms in total. The van der Waals surface area contributed by atoms with Gasteiger partial charge < -0.3 is 9.47 Å². The van der Waals surface area contributed by atoms with E-state index in [0.29, 0.717) is 11.5 Å². The average Bonchev–Trinajstić information content (AvgIpc) is 2.29. The van der Waals surface area contributed by atoms with E-state index in [9.17, 15) is 4.79 Å². The van der Waals surface area contributed by atoms with Crippen molar-refractivity contribution in [1.29, 1.82) is 0 Å². The topological polar surface area (TPSA) is 73.6 Å². The molecule has 0 fully saturated rings. The highest BCUT2D eigenvalue weighted by Crippen LogP contribution is 2.25. The molecule has 1 aromatic rings. The number of hydrazine groups is 1. The van der Waals surface area contributed by atoms with E-state index < -0.39 is 0 Å². The standard InChI is InChI=1S/C10H14N2O3/c1-14-8-4-2-3-5-9(8)15-7-6-10(13)12-11/h2-5H,6-7,11H2,1H3,(H,12,13). The fraction of sp³-hybridized carbons (Fsp3) is 0.300. The van der Waals surface area contributed by atoms with E-state index in [2.05, 4.69) is 0 Å². The lowest BCUT2D eigenvalue weighted by molar-refractivity contribution is -0.121. The summed E-state index contributed by atoms with van der Waals surface area (Å²) in [6.45, 7) is 0.267. The molecule has 82 valence electrons. The number of nitrogens with two attached hydrogens (primary N) is 1.